The molecule has 4 heterocycles. The van der Waals surface area contributed by atoms with Crippen molar-refractivity contribution in [3.8, 4) is 0 Å². The minimum atomic E-state index is -5.10. The lowest BCUT2D eigenvalue weighted by atomic mass is 10.0. The molecule has 0 saturated carbocycles. The van der Waals surface area contributed by atoms with Gasteiger partial charge in [-0.05, 0) is 72.9 Å². The van der Waals surface area contributed by atoms with Gasteiger partial charge in [0.1, 0.15) is 12.1 Å². The van der Waals surface area contributed by atoms with Crippen LogP contribution in [0.4, 0.5) is 4.39 Å². The van der Waals surface area contributed by atoms with Gasteiger partial charge in [0, 0.05) is 44.3 Å². The highest BCUT2D eigenvalue weighted by Gasteiger charge is 2.47. The highest BCUT2D eigenvalue weighted by molar-refractivity contribution is 7.88. The van der Waals surface area contributed by atoms with Crippen LogP contribution in [-0.2, 0) is 24.2 Å². The third-order valence-corrected chi connectivity index (χ3v) is 12.8. The number of carbonyl (C=O) groups excluding carboxylic acids is 4. The van der Waals surface area contributed by atoms with Gasteiger partial charge in [-0.25, -0.2) is 12.8 Å². The highest BCUT2D eigenvalue weighted by atomic mass is 32.2. The lowest BCUT2D eigenvalue weighted by molar-refractivity contribution is -0.148. The average Bonchev–Trinajstić information content (AvgIpc) is 3.77. The Labute approximate surface area is 315 Å². The molecule has 3 N–H and O–H groups in total. The van der Waals surface area contributed by atoms with Crippen molar-refractivity contribution >= 4 is 63.0 Å². The molecule has 0 spiro atoms. The maximum absolute atomic E-state index is 14.6. The van der Waals surface area contributed by atoms with Gasteiger partial charge in [0.15, 0.2) is 11.3 Å². The van der Waals surface area contributed by atoms with E-state index in [2.05, 4.69) is 10.5 Å². The first-order chi connectivity index (χ1) is 26.0. The molecule has 3 aliphatic rings. The maximum Gasteiger partial charge on any atom is 0.363 e. The number of sulfonamides is 1. The van der Waals surface area contributed by atoms with Crippen LogP contribution >= 0.6 is 7.60 Å². The van der Waals surface area contributed by atoms with Crippen LogP contribution in [0, 0.1) is 6.92 Å². The van der Waals surface area contributed by atoms with Crippen LogP contribution in [-0.4, -0.2) is 130 Å². The molecule has 0 aliphatic carbocycles. The Kier molecular flexibility index (Phi) is 10.3. The summed E-state index contributed by atoms with van der Waals surface area (Å²) in [6.07, 6.45) is 2.24. The number of fused-ring (bicyclic) bond motifs is 3. The number of benzene rings is 3. The Morgan fingerprint density at radius 2 is 1.67 bits per heavy atom. The molecule has 16 nitrogen and oxygen atoms in total. The number of aromatic nitrogens is 1. The van der Waals surface area contributed by atoms with Gasteiger partial charge >= 0.3 is 7.60 Å². The molecular weight excluding hydrogens is 758 g/mol. The molecule has 19 heteroatoms. The molecule has 4 aromatic rings. The monoisotopic (exact) mass is 798 g/mol. The van der Waals surface area contributed by atoms with Crippen molar-refractivity contribution in [1.82, 2.24) is 29.5 Å². The molecule has 3 fully saturated rings. The summed E-state index contributed by atoms with van der Waals surface area (Å²) >= 11 is 0. The van der Waals surface area contributed by atoms with E-state index in [4.69, 9.17) is 4.52 Å². The lowest BCUT2D eigenvalue weighted by Crippen LogP contribution is -2.62. The zero-order valence-corrected chi connectivity index (χ0v) is 31.7. The molecule has 3 aliphatic heterocycles. The van der Waals surface area contributed by atoms with Gasteiger partial charge in [-0.3, -0.25) is 23.7 Å². The van der Waals surface area contributed by atoms with E-state index in [-0.39, 0.29) is 62.0 Å². The first-order valence-electron chi connectivity index (χ1n) is 17.7. The number of nitrogens with one attached hydrogen (secondary N) is 1. The van der Waals surface area contributed by atoms with E-state index in [1.807, 2.05) is 13.0 Å². The van der Waals surface area contributed by atoms with Crippen molar-refractivity contribution in [3.63, 3.8) is 0 Å². The molecule has 55 heavy (non-hydrogen) atoms. The molecule has 1 unspecified atom stereocenters. The number of alkyl halides is 1. The SMILES string of the molecule is Cc1ccc2onc(C(=O)N3CC[C@H]4CC[C@@H](C(=O)N5CCN(S(C)(=O)=O)CC5)N4C(=O)[C@@H](NC(=O)c4ccc5ccc(C(F)P(=O)(O)O)cc5c4)C3)c2c1. The number of rotatable bonds is 7. The van der Waals surface area contributed by atoms with Crippen molar-refractivity contribution in [3.05, 3.63) is 77.0 Å². The van der Waals surface area contributed by atoms with E-state index in [0.717, 1.165) is 11.8 Å². The van der Waals surface area contributed by atoms with E-state index < -0.39 is 59.4 Å². The summed E-state index contributed by atoms with van der Waals surface area (Å²) < 4.78 is 57.0. The van der Waals surface area contributed by atoms with Crippen molar-refractivity contribution < 1.29 is 50.9 Å². The van der Waals surface area contributed by atoms with E-state index in [1.165, 1.54) is 44.4 Å². The fourth-order valence-electron chi connectivity index (χ4n) is 7.71. The molecule has 3 aromatic carbocycles. The van der Waals surface area contributed by atoms with Crippen LogP contribution in [0.1, 0.15) is 57.1 Å². The smallest absolute Gasteiger partial charge is 0.355 e. The Bertz CT molecular complexity index is 2360. The average molecular weight is 799 g/mol. The minimum Gasteiger partial charge on any atom is -0.355 e. The Balaban J connectivity index is 1.19. The summed E-state index contributed by atoms with van der Waals surface area (Å²) in [6.45, 7) is 2.31. The molecule has 0 bridgehead atoms. The number of piperazine rings is 1. The van der Waals surface area contributed by atoms with Gasteiger partial charge in [0.2, 0.25) is 27.8 Å². The molecule has 4 atom stereocenters. The number of halogens is 1. The van der Waals surface area contributed by atoms with Crippen molar-refractivity contribution in [2.45, 2.75) is 50.2 Å². The van der Waals surface area contributed by atoms with Gasteiger partial charge in [0.05, 0.1) is 18.2 Å². The zero-order chi connectivity index (χ0) is 39.4. The maximum atomic E-state index is 14.6. The predicted octanol–water partition coefficient (Wildman–Crippen LogP) is 2.54. The van der Waals surface area contributed by atoms with Crippen LogP contribution in [0.15, 0.2) is 59.1 Å². The van der Waals surface area contributed by atoms with E-state index in [9.17, 15) is 46.3 Å². The molecule has 7 rings (SSSR count). The van der Waals surface area contributed by atoms with Crippen LogP contribution in [0.3, 0.4) is 0 Å². The Hall–Kier alpha value is -4.74. The second kappa shape index (κ2) is 14.7. The van der Waals surface area contributed by atoms with E-state index in [0.29, 0.717) is 41.0 Å². The van der Waals surface area contributed by atoms with Crippen LogP contribution in [0.25, 0.3) is 21.7 Å². The fraction of sp³-hybridized carbons (Fsp3) is 0.417. The van der Waals surface area contributed by atoms with Crippen molar-refractivity contribution in [1.29, 1.82) is 0 Å². The van der Waals surface area contributed by atoms with Gasteiger partial charge in [0.25, 0.3) is 11.8 Å². The van der Waals surface area contributed by atoms with Gasteiger partial charge < -0.3 is 34.3 Å². The standard InChI is InChI=1S/C36H40FN6O10PS/c1-21-3-10-30-27(17-21)31(39-53-30)36(47)41-12-11-26-8-9-29(35(46)40-13-15-42(16-14-40)55(2,51)52)43(26)34(45)28(20-41)38-33(44)24-7-5-22-4-6-23(18-25(22)19-24)32(37)54(48,49)50/h3-7,10,17-19,26,28-29,32H,8-9,11-16,20H2,1-2H3,(H,38,44)(H2,48,49,50)/t26-,28+,29+,32?/m1/s1. The third kappa shape index (κ3) is 7.74. The number of aryl methyl sites for hydroxylation is 1. The summed E-state index contributed by atoms with van der Waals surface area (Å²) in [4.78, 5) is 79.9. The van der Waals surface area contributed by atoms with Crippen molar-refractivity contribution in [2.24, 2.45) is 0 Å². The fourth-order valence-corrected chi connectivity index (χ4v) is 9.08. The molecular formula is C36H40FN6O10PS. The summed E-state index contributed by atoms with van der Waals surface area (Å²) in [6, 6.07) is 11.1. The van der Waals surface area contributed by atoms with Crippen molar-refractivity contribution in [2.75, 3.05) is 45.5 Å². The Morgan fingerprint density at radius 1 is 0.945 bits per heavy atom. The summed E-state index contributed by atoms with van der Waals surface area (Å²) in [7, 11) is -8.54. The quantitative estimate of drug-likeness (QED) is 0.231. The first-order valence-corrected chi connectivity index (χ1v) is 21.3. The Morgan fingerprint density at radius 3 is 2.38 bits per heavy atom. The summed E-state index contributed by atoms with van der Waals surface area (Å²) in [5, 5.41) is 8.18. The molecule has 3 saturated heterocycles. The van der Waals surface area contributed by atoms with Crippen LogP contribution in [0.2, 0.25) is 0 Å². The second-order valence-corrected chi connectivity index (χ2v) is 17.9. The van der Waals surface area contributed by atoms with Crippen LogP contribution in [0.5, 0.6) is 0 Å². The zero-order valence-electron chi connectivity index (χ0n) is 30.0. The number of hydrogen-bond acceptors (Lipinski definition) is 9. The molecule has 4 amide bonds. The number of amides is 4. The van der Waals surface area contributed by atoms with E-state index >= 15 is 0 Å². The van der Waals surface area contributed by atoms with Crippen LogP contribution < -0.4 is 5.32 Å². The number of carbonyl (C=O) groups is 4. The third-order valence-electron chi connectivity index (χ3n) is 10.6. The highest BCUT2D eigenvalue weighted by Crippen LogP contribution is 2.53. The van der Waals surface area contributed by atoms with Gasteiger partial charge in [-0.1, -0.05) is 35.0 Å². The molecule has 292 valence electrons. The largest absolute Gasteiger partial charge is 0.363 e. The van der Waals surface area contributed by atoms with E-state index in [1.54, 1.807) is 23.1 Å². The van der Waals surface area contributed by atoms with Gasteiger partial charge in [-0.2, -0.15) is 4.31 Å². The van der Waals surface area contributed by atoms with Gasteiger partial charge in [-0.15, -0.1) is 0 Å². The lowest BCUT2D eigenvalue weighted by Gasteiger charge is -2.40. The predicted molar refractivity (Wildman–Crippen MR) is 197 cm³/mol. The second-order valence-electron chi connectivity index (χ2n) is 14.3. The summed E-state index contributed by atoms with van der Waals surface area (Å²) in [5.41, 5.74) is 1.11. The molecule has 1 aromatic heterocycles. The summed E-state index contributed by atoms with van der Waals surface area (Å²) in [5.74, 6) is -4.69. The molecule has 0 radical (unpaired) electrons. The number of hydrogen-bond donors (Lipinski definition) is 3. The number of nitrogens with zero attached hydrogens (tertiary/aromatic N) is 5. The minimum absolute atomic E-state index is 0.0492. The topological polar surface area (TPSA) is 211 Å². The normalized spacial score (nSPS) is 22.0. The first kappa shape index (κ1) is 38.5.